The van der Waals surface area contributed by atoms with E-state index in [1.54, 1.807) is 0 Å². The van der Waals surface area contributed by atoms with Crippen molar-refractivity contribution in [1.82, 2.24) is 10.2 Å². The highest BCUT2D eigenvalue weighted by molar-refractivity contribution is 5.88. The third-order valence-corrected chi connectivity index (χ3v) is 3.99. The number of carbonyl (C=O) groups excluding carboxylic acids is 2. The van der Waals surface area contributed by atoms with Crippen molar-refractivity contribution in [2.75, 3.05) is 26.7 Å². The van der Waals surface area contributed by atoms with Crippen molar-refractivity contribution in [3.8, 4) is 0 Å². The summed E-state index contributed by atoms with van der Waals surface area (Å²) in [4.78, 5) is 26.1. The summed E-state index contributed by atoms with van der Waals surface area (Å²) in [5.74, 6) is -0.824. The van der Waals surface area contributed by atoms with E-state index in [0.717, 1.165) is 24.1 Å². The zero-order valence-corrected chi connectivity index (χ0v) is 13.7. The Morgan fingerprint density at radius 1 is 1.39 bits per heavy atom. The molecule has 0 spiro atoms. The first-order chi connectivity index (χ1) is 11.0. The molecule has 3 N–H and O–H groups in total. The Kier molecular flexibility index (Phi) is 6.12. The van der Waals surface area contributed by atoms with E-state index in [4.69, 9.17) is 10.5 Å². The zero-order valence-electron chi connectivity index (χ0n) is 13.7. The van der Waals surface area contributed by atoms with Crippen LogP contribution in [0.25, 0.3) is 0 Å². The molecule has 1 aromatic rings. The molecule has 1 aliphatic heterocycles. The second kappa shape index (κ2) is 8.08. The van der Waals surface area contributed by atoms with Gasteiger partial charge in [-0.2, -0.15) is 0 Å². The van der Waals surface area contributed by atoms with E-state index in [-0.39, 0.29) is 5.91 Å². The van der Waals surface area contributed by atoms with Crippen LogP contribution in [0, 0.1) is 6.92 Å². The molecule has 6 heteroatoms. The molecule has 2 amide bonds. The van der Waals surface area contributed by atoms with Gasteiger partial charge in [-0.25, -0.2) is 0 Å². The predicted molar refractivity (Wildman–Crippen MR) is 87.9 cm³/mol. The van der Waals surface area contributed by atoms with Crippen LogP contribution < -0.4 is 11.1 Å². The standard InChI is InChI=1S/C17H25N3O3/c1-12-4-6-13(7-5-12)10-14(16(18)21)19-17(22)15-11-20(2)8-3-9-23-15/h4-7,14-15H,3,8-11H2,1-2H3,(H2,18,21)(H,19,22)/t14-,15-/m0/s1. The van der Waals surface area contributed by atoms with Gasteiger partial charge in [-0.15, -0.1) is 0 Å². The molecule has 1 aliphatic rings. The molecule has 126 valence electrons. The smallest absolute Gasteiger partial charge is 0.251 e. The summed E-state index contributed by atoms with van der Waals surface area (Å²) >= 11 is 0. The molecule has 0 radical (unpaired) electrons. The normalized spacial score (nSPS) is 20.5. The molecule has 0 unspecified atom stereocenters. The van der Waals surface area contributed by atoms with Gasteiger partial charge in [-0.05, 0) is 26.0 Å². The molecule has 0 aliphatic carbocycles. The van der Waals surface area contributed by atoms with Gasteiger partial charge in [0.1, 0.15) is 12.1 Å². The minimum Gasteiger partial charge on any atom is -0.368 e. The summed E-state index contributed by atoms with van der Waals surface area (Å²) in [5, 5.41) is 2.73. The summed E-state index contributed by atoms with van der Waals surface area (Å²) in [6.07, 6.45) is 0.703. The number of nitrogens with one attached hydrogen (secondary N) is 1. The van der Waals surface area contributed by atoms with Crippen LogP contribution in [0.15, 0.2) is 24.3 Å². The Morgan fingerprint density at radius 2 is 2.09 bits per heavy atom. The number of primary amides is 1. The molecule has 2 rings (SSSR count). The second-order valence-corrected chi connectivity index (χ2v) is 6.13. The second-order valence-electron chi connectivity index (χ2n) is 6.13. The number of ether oxygens (including phenoxy) is 1. The predicted octanol–water partition coefficient (Wildman–Crippen LogP) is 0.228. The zero-order chi connectivity index (χ0) is 16.8. The van der Waals surface area contributed by atoms with Gasteiger partial charge in [0.05, 0.1) is 0 Å². The van der Waals surface area contributed by atoms with Gasteiger partial charge in [0.15, 0.2) is 0 Å². The Bertz CT molecular complexity index is 545. The van der Waals surface area contributed by atoms with Crippen LogP contribution >= 0.6 is 0 Å². The van der Waals surface area contributed by atoms with E-state index in [2.05, 4.69) is 10.2 Å². The van der Waals surface area contributed by atoms with Crippen molar-refractivity contribution in [2.45, 2.75) is 31.9 Å². The summed E-state index contributed by atoms with van der Waals surface area (Å²) in [6, 6.07) is 7.08. The first-order valence-corrected chi connectivity index (χ1v) is 7.91. The number of hydrogen-bond acceptors (Lipinski definition) is 4. The minimum absolute atomic E-state index is 0.283. The van der Waals surface area contributed by atoms with E-state index in [9.17, 15) is 9.59 Å². The van der Waals surface area contributed by atoms with Crippen molar-refractivity contribution < 1.29 is 14.3 Å². The van der Waals surface area contributed by atoms with Crippen molar-refractivity contribution in [3.63, 3.8) is 0 Å². The summed E-state index contributed by atoms with van der Waals surface area (Å²) in [5.41, 5.74) is 7.54. The molecular weight excluding hydrogens is 294 g/mol. The van der Waals surface area contributed by atoms with Gasteiger partial charge in [0.2, 0.25) is 5.91 Å². The maximum atomic E-state index is 12.4. The fourth-order valence-corrected chi connectivity index (χ4v) is 2.59. The van der Waals surface area contributed by atoms with Gasteiger partial charge >= 0.3 is 0 Å². The number of amides is 2. The number of rotatable bonds is 5. The number of nitrogens with two attached hydrogens (primary N) is 1. The highest BCUT2D eigenvalue weighted by atomic mass is 16.5. The van der Waals surface area contributed by atoms with Crippen molar-refractivity contribution in [2.24, 2.45) is 5.73 Å². The lowest BCUT2D eigenvalue weighted by molar-refractivity contribution is -0.136. The first kappa shape index (κ1) is 17.4. The molecular formula is C17H25N3O3. The van der Waals surface area contributed by atoms with E-state index in [1.165, 1.54) is 0 Å². The lowest BCUT2D eigenvalue weighted by Crippen LogP contribution is -2.51. The highest BCUT2D eigenvalue weighted by Gasteiger charge is 2.27. The SMILES string of the molecule is Cc1ccc(C[C@H](NC(=O)[C@@H]2CN(C)CCCO2)C(N)=O)cc1. The molecule has 1 heterocycles. The summed E-state index contributed by atoms with van der Waals surface area (Å²) < 4.78 is 5.58. The van der Waals surface area contributed by atoms with E-state index in [0.29, 0.717) is 19.6 Å². The monoisotopic (exact) mass is 319 g/mol. The minimum atomic E-state index is -0.734. The Hall–Kier alpha value is -1.92. The number of benzene rings is 1. The van der Waals surface area contributed by atoms with Crippen LogP contribution in [0.2, 0.25) is 0 Å². The molecule has 23 heavy (non-hydrogen) atoms. The largest absolute Gasteiger partial charge is 0.368 e. The summed E-state index contributed by atoms with van der Waals surface area (Å²) in [6.45, 7) is 3.95. The van der Waals surface area contributed by atoms with Crippen molar-refractivity contribution >= 4 is 11.8 Å². The highest BCUT2D eigenvalue weighted by Crippen LogP contribution is 2.08. The van der Waals surface area contributed by atoms with Gasteiger partial charge in [-0.3, -0.25) is 9.59 Å². The molecule has 0 bridgehead atoms. The molecule has 2 atom stereocenters. The van der Waals surface area contributed by atoms with Gasteiger partial charge in [-0.1, -0.05) is 29.8 Å². The number of aryl methyl sites for hydroxylation is 1. The fourth-order valence-electron chi connectivity index (χ4n) is 2.59. The third-order valence-electron chi connectivity index (χ3n) is 3.99. The third kappa shape index (κ3) is 5.33. The fraction of sp³-hybridized carbons (Fsp3) is 0.529. The average molecular weight is 319 g/mol. The lowest BCUT2D eigenvalue weighted by Gasteiger charge is -2.22. The maximum Gasteiger partial charge on any atom is 0.251 e. The van der Waals surface area contributed by atoms with Crippen LogP contribution in [0.1, 0.15) is 17.5 Å². The lowest BCUT2D eigenvalue weighted by atomic mass is 10.0. The number of carbonyl (C=O) groups is 2. The molecule has 1 aromatic carbocycles. The van der Waals surface area contributed by atoms with Crippen LogP contribution in [0.5, 0.6) is 0 Å². The average Bonchev–Trinajstić information content (AvgIpc) is 2.73. The molecule has 1 fully saturated rings. The number of nitrogens with zero attached hydrogens (tertiary/aromatic N) is 1. The molecule has 0 aromatic heterocycles. The topological polar surface area (TPSA) is 84.7 Å². The van der Waals surface area contributed by atoms with Crippen LogP contribution in [-0.4, -0.2) is 55.6 Å². The quantitative estimate of drug-likeness (QED) is 0.813. The Balaban J connectivity index is 1.99. The Morgan fingerprint density at radius 3 is 2.74 bits per heavy atom. The van der Waals surface area contributed by atoms with Crippen LogP contribution in [0.3, 0.4) is 0 Å². The van der Waals surface area contributed by atoms with Gasteiger partial charge in [0, 0.05) is 26.1 Å². The van der Waals surface area contributed by atoms with Crippen LogP contribution in [0.4, 0.5) is 0 Å². The molecule has 1 saturated heterocycles. The van der Waals surface area contributed by atoms with Crippen LogP contribution in [-0.2, 0) is 20.7 Å². The van der Waals surface area contributed by atoms with E-state index >= 15 is 0 Å². The van der Waals surface area contributed by atoms with Gasteiger partial charge < -0.3 is 20.7 Å². The molecule has 6 nitrogen and oxygen atoms in total. The maximum absolute atomic E-state index is 12.4. The first-order valence-electron chi connectivity index (χ1n) is 7.91. The van der Waals surface area contributed by atoms with Crippen molar-refractivity contribution in [3.05, 3.63) is 35.4 Å². The molecule has 0 saturated carbocycles. The van der Waals surface area contributed by atoms with Crippen molar-refractivity contribution in [1.29, 1.82) is 0 Å². The number of hydrogen-bond donors (Lipinski definition) is 2. The summed E-state index contributed by atoms with van der Waals surface area (Å²) in [7, 11) is 1.95. The van der Waals surface area contributed by atoms with E-state index < -0.39 is 18.1 Å². The van der Waals surface area contributed by atoms with Gasteiger partial charge in [0.25, 0.3) is 5.91 Å². The number of likely N-dealkylation sites (N-methyl/N-ethyl adjacent to an activating group) is 1. The van der Waals surface area contributed by atoms with E-state index in [1.807, 2.05) is 38.2 Å². The Labute approximate surface area is 137 Å².